The Labute approximate surface area is 264 Å². The molecule has 0 fully saturated rings. The van der Waals surface area contributed by atoms with E-state index in [-0.39, 0.29) is 12.1 Å². The summed E-state index contributed by atoms with van der Waals surface area (Å²) in [6, 6.07) is 48.0. The van der Waals surface area contributed by atoms with E-state index in [1.165, 1.54) is 54.6 Å². The van der Waals surface area contributed by atoms with Crippen LogP contribution in [0.3, 0.4) is 0 Å². The molecule has 2 heteroatoms. The molecule has 6 aromatic carbocycles. The molecule has 2 atom stereocenters. The van der Waals surface area contributed by atoms with Crippen LogP contribution in [0.1, 0.15) is 30.9 Å². The van der Waals surface area contributed by atoms with Crippen molar-refractivity contribution in [2.24, 2.45) is 5.92 Å². The average molecular weight is 582 g/mol. The van der Waals surface area contributed by atoms with Gasteiger partial charge in [0.25, 0.3) is 0 Å². The molecule has 1 N–H and O–H groups in total. The number of hydrogen-bond donors (Lipinski definition) is 1. The van der Waals surface area contributed by atoms with Gasteiger partial charge in [0.05, 0.1) is 5.69 Å². The average Bonchev–Trinajstić information content (AvgIpc) is 3.54. The summed E-state index contributed by atoms with van der Waals surface area (Å²) in [7, 11) is 0. The van der Waals surface area contributed by atoms with Crippen molar-refractivity contribution in [2.45, 2.75) is 26.0 Å². The van der Waals surface area contributed by atoms with Crippen LogP contribution in [0.25, 0.3) is 44.7 Å². The van der Waals surface area contributed by atoms with Gasteiger partial charge in [0.15, 0.2) is 12.0 Å². The summed E-state index contributed by atoms with van der Waals surface area (Å²) < 4.78 is 6.56. The third-order valence-electron chi connectivity index (χ3n) is 9.28. The molecule has 0 amide bonds. The van der Waals surface area contributed by atoms with Crippen molar-refractivity contribution < 1.29 is 4.74 Å². The number of rotatable bonds is 5. The van der Waals surface area contributed by atoms with Crippen LogP contribution in [0, 0.1) is 5.92 Å². The predicted molar refractivity (Wildman–Crippen MR) is 189 cm³/mol. The van der Waals surface area contributed by atoms with Gasteiger partial charge in [-0.1, -0.05) is 154 Å². The molecular weight excluding hydrogens is 546 g/mol. The highest BCUT2D eigenvalue weighted by Crippen LogP contribution is 2.48. The molecular formula is C43H35NO. The zero-order valence-electron chi connectivity index (χ0n) is 25.6. The van der Waals surface area contributed by atoms with Gasteiger partial charge in [0, 0.05) is 23.0 Å². The third kappa shape index (κ3) is 4.65. The Morgan fingerprint density at radius 1 is 0.667 bits per heavy atom. The van der Waals surface area contributed by atoms with Crippen molar-refractivity contribution in [2.75, 3.05) is 5.32 Å². The lowest BCUT2D eigenvalue weighted by Gasteiger charge is -2.24. The van der Waals surface area contributed by atoms with E-state index in [2.05, 4.69) is 165 Å². The normalized spacial score (nSPS) is 17.0. The molecule has 0 aromatic heterocycles. The van der Waals surface area contributed by atoms with Crippen LogP contribution in [0.15, 0.2) is 146 Å². The Balaban J connectivity index is 1.27. The number of anilines is 1. The summed E-state index contributed by atoms with van der Waals surface area (Å²) in [6.45, 7) is 9.03. The molecule has 0 radical (unpaired) electrons. The van der Waals surface area contributed by atoms with E-state index in [4.69, 9.17) is 4.74 Å². The molecule has 2 unspecified atom stereocenters. The van der Waals surface area contributed by atoms with Crippen LogP contribution >= 0.6 is 0 Å². The van der Waals surface area contributed by atoms with E-state index < -0.39 is 0 Å². The molecule has 45 heavy (non-hydrogen) atoms. The molecule has 1 heterocycles. The maximum absolute atomic E-state index is 6.56. The molecule has 2 nitrogen and oxygen atoms in total. The number of benzene rings is 6. The van der Waals surface area contributed by atoms with Gasteiger partial charge >= 0.3 is 0 Å². The number of para-hydroxylation sites is 1. The van der Waals surface area contributed by atoms with Crippen molar-refractivity contribution in [1.29, 1.82) is 0 Å². The highest BCUT2D eigenvalue weighted by molar-refractivity contribution is 6.06. The van der Waals surface area contributed by atoms with Gasteiger partial charge < -0.3 is 10.1 Å². The summed E-state index contributed by atoms with van der Waals surface area (Å²) >= 11 is 0. The second-order valence-electron chi connectivity index (χ2n) is 12.4. The first-order valence-electron chi connectivity index (χ1n) is 15.8. The molecule has 0 bridgehead atoms. The topological polar surface area (TPSA) is 21.3 Å². The molecule has 2 aliphatic rings. The highest BCUT2D eigenvalue weighted by Gasteiger charge is 2.29. The number of hydrogen-bond acceptors (Lipinski definition) is 2. The van der Waals surface area contributed by atoms with Gasteiger partial charge in [-0.2, -0.15) is 0 Å². The number of fused-ring (bicyclic) bond motifs is 3. The fraction of sp³-hybridized carbons (Fsp3) is 0.116. The first kappa shape index (κ1) is 27.2. The molecule has 1 aliphatic carbocycles. The Bertz CT molecular complexity index is 2210. The zero-order valence-corrected chi connectivity index (χ0v) is 25.6. The van der Waals surface area contributed by atoms with Crippen LogP contribution < -0.4 is 20.5 Å². The van der Waals surface area contributed by atoms with E-state index in [1.807, 2.05) is 0 Å². The van der Waals surface area contributed by atoms with E-state index in [0.717, 1.165) is 22.6 Å². The largest absolute Gasteiger partial charge is 0.468 e. The second kappa shape index (κ2) is 11.0. The Morgan fingerprint density at radius 3 is 2.22 bits per heavy atom. The second-order valence-corrected chi connectivity index (χ2v) is 12.4. The predicted octanol–water partition coefficient (Wildman–Crippen LogP) is 9.29. The van der Waals surface area contributed by atoms with Crippen molar-refractivity contribution in [3.8, 4) is 28.0 Å². The van der Waals surface area contributed by atoms with Crippen molar-refractivity contribution in [3.63, 3.8) is 0 Å². The number of ether oxygens (including phenoxy) is 1. The quantitative estimate of drug-likeness (QED) is 0.219. The van der Waals surface area contributed by atoms with Crippen molar-refractivity contribution in [1.82, 2.24) is 0 Å². The van der Waals surface area contributed by atoms with E-state index in [0.29, 0.717) is 5.92 Å². The fourth-order valence-electron chi connectivity index (χ4n) is 6.98. The zero-order chi connectivity index (χ0) is 30.5. The van der Waals surface area contributed by atoms with Gasteiger partial charge in [-0.05, 0) is 60.7 Å². The maximum Gasteiger partial charge on any atom is 0.172 e. The Kier molecular flexibility index (Phi) is 6.64. The number of allylic oxidation sites excluding steroid dienone is 1. The monoisotopic (exact) mass is 581 g/mol. The smallest absolute Gasteiger partial charge is 0.172 e. The molecule has 8 rings (SSSR count). The molecule has 0 spiro atoms. The minimum Gasteiger partial charge on any atom is -0.468 e. The number of nitrogens with one attached hydrogen (secondary N) is 1. The molecule has 218 valence electrons. The van der Waals surface area contributed by atoms with Crippen LogP contribution in [0.5, 0.6) is 5.75 Å². The van der Waals surface area contributed by atoms with E-state index in [9.17, 15) is 0 Å². The van der Waals surface area contributed by atoms with Crippen molar-refractivity contribution in [3.05, 3.63) is 167 Å². The van der Waals surface area contributed by atoms with Gasteiger partial charge in [0.1, 0.15) is 0 Å². The van der Waals surface area contributed by atoms with Gasteiger partial charge in [-0.3, -0.25) is 0 Å². The lowest BCUT2D eigenvalue weighted by molar-refractivity contribution is 0.200. The van der Waals surface area contributed by atoms with E-state index in [1.54, 1.807) is 0 Å². The molecule has 0 saturated heterocycles. The van der Waals surface area contributed by atoms with E-state index >= 15 is 0 Å². The standard InChI is InChI=1S/C43H35NO/c1-27(2)43-44-39-19-11-18-37(42(39)45-43)41-34-16-9-7-14-30(34)24-25-36(41)31-20-22-32(23-21-31)40-28(3)38(29-12-5-4-6-13-29)26-33-15-8-10-17-35(33)40/h4-27,38,43-44H,3H2,1-2H3. The summed E-state index contributed by atoms with van der Waals surface area (Å²) in [6.07, 6.45) is 2.31. The van der Waals surface area contributed by atoms with Crippen LogP contribution in [0.4, 0.5) is 5.69 Å². The van der Waals surface area contributed by atoms with Crippen molar-refractivity contribution >= 4 is 28.1 Å². The summed E-state index contributed by atoms with van der Waals surface area (Å²) in [5.74, 6) is 1.41. The lowest BCUT2D eigenvalue weighted by atomic mass is 9.79. The van der Waals surface area contributed by atoms with Crippen LogP contribution in [-0.4, -0.2) is 6.23 Å². The molecule has 1 aliphatic heterocycles. The Morgan fingerprint density at radius 2 is 1.40 bits per heavy atom. The molecule has 6 aromatic rings. The summed E-state index contributed by atoms with van der Waals surface area (Å²) in [4.78, 5) is 0. The minimum atomic E-state index is -0.0423. The van der Waals surface area contributed by atoms with Crippen LogP contribution in [0.2, 0.25) is 0 Å². The fourth-order valence-corrected chi connectivity index (χ4v) is 6.98. The van der Waals surface area contributed by atoms with Crippen LogP contribution in [-0.2, 0) is 0 Å². The summed E-state index contributed by atoms with van der Waals surface area (Å²) in [5, 5.41) is 8.50. The Hall–Kier alpha value is -5.34. The maximum atomic E-state index is 6.56. The third-order valence-corrected chi connectivity index (χ3v) is 9.28. The first-order valence-corrected chi connectivity index (χ1v) is 15.8. The van der Waals surface area contributed by atoms with Gasteiger partial charge in [-0.15, -0.1) is 0 Å². The first-order chi connectivity index (χ1) is 22.1. The van der Waals surface area contributed by atoms with Gasteiger partial charge in [-0.25, -0.2) is 0 Å². The van der Waals surface area contributed by atoms with Gasteiger partial charge in [0.2, 0.25) is 0 Å². The lowest BCUT2D eigenvalue weighted by Crippen LogP contribution is -2.32. The molecule has 0 saturated carbocycles. The highest BCUT2D eigenvalue weighted by atomic mass is 16.5. The SMILES string of the molecule is C=C1C(c2ccc(-c3ccc4ccccc4c3-c3cccc4c3OC(C(C)C)N4)cc2)=c2ccccc2=CC1c1ccccc1. The minimum absolute atomic E-state index is 0.0423. The summed E-state index contributed by atoms with van der Waals surface area (Å²) in [5.41, 5.74) is 10.5.